The molecule has 0 saturated heterocycles. The van der Waals surface area contributed by atoms with Gasteiger partial charge in [-0.05, 0) is 109 Å². The minimum atomic E-state index is -0.800. The second kappa shape index (κ2) is 55.6. The largest absolute Gasteiger partial charge is 0.462 e. The summed E-state index contributed by atoms with van der Waals surface area (Å²) < 4.78 is 10.7. The molecule has 0 heterocycles. The lowest BCUT2D eigenvalue weighted by atomic mass is 10.0. The second-order valence-corrected chi connectivity index (χ2v) is 17.6. The molecular weight excluding hydrogens is 813 g/mol. The summed E-state index contributed by atoms with van der Waals surface area (Å²) in [6.45, 7) is 3.99. The van der Waals surface area contributed by atoms with Gasteiger partial charge in [-0.2, -0.15) is 0 Å². The Morgan fingerprint density at radius 3 is 1.00 bits per heavy atom. The molecule has 0 bridgehead atoms. The predicted molar refractivity (Wildman–Crippen MR) is 288 cm³/mol. The van der Waals surface area contributed by atoms with Gasteiger partial charge in [0.2, 0.25) is 0 Å². The molecule has 0 spiro atoms. The van der Waals surface area contributed by atoms with Crippen LogP contribution in [0, 0.1) is 0 Å². The molecule has 1 N–H and O–H groups in total. The van der Waals surface area contributed by atoms with E-state index < -0.39 is 6.10 Å². The van der Waals surface area contributed by atoms with Crippen molar-refractivity contribution in [1.29, 1.82) is 0 Å². The summed E-state index contributed by atoms with van der Waals surface area (Å²) >= 11 is 0. The Hall–Kier alpha value is -3.70. The normalized spacial score (nSPS) is 13.2. The highest BCUT2D eigenvalue weighted by atomic mass is 16.6. The molecule has 5 heteroatoms. The van der Waals surface area contributed by atoms with Crippen molar-refractivity contribution in [3.8, 4) is 0 Å². The maximum Gasteiger partial charge on any atom is 0.306 e. The quantitative estimate of drug-likeness (QED) is 0.0374. The van der Waals surface area contributed by atoms with Crippen molar-refractivity contribution in [1.82, 2.24) is 0 Å². The third kappa shape index (κ3) is 52.9. The molecule has 0 aromatic rings. The van der Waals surface area contributed by atoms with E-state index in [4.69, 9.17) is 9.47 Å². The number of allylic oxidation sites excluding steroid dienone is 20. The molecule has 0 rings (SSSR count). The van der Waals surface area contributed by atoms with E-state index in [0.29, 0.717) is 12.8 Å². The fourth-order valence-electron chi connectivity index (χ4n) is 7.19. The molecule has 0 saturated carbocycles. The summed E-state index contributed by atoms with van der Waals surface area (Å²) in [4.78, 5) is 24.5. The number of ether oxygens (including phenoxy) is 2. The molecule has 0 fully saturated rings. The van der Waals surface area contributed by atoms with Gasteiger partial charge in [-0.15, -0.1) is 0 Å². The van der Waals surface area contributed by atoms with Crippen LogP contribution < -0.4 is 0 Å². The van der Waals surface area contributed by atoms with Crippen LogP contribution in [0.2, 0.25) is 0 Å². The van der Waals surface area contributed by atoms with E-state index in [2.05, 4.69) is 135 Å². The molecule has 5 nitrogen and oxygen atoms in total. The summed E-state index contributed by atoms with van der Waals surface area (Å²) in [7, 11) is 0. The second-order valence-electron chi connectivity index (χ2n) is 17.6. The van der Waals surface area contributed by atoms with Gasteiger partial charge in [0.15, 0.2) is 6.10 Å². The average Bonchev–Trinajstić information content (AvgIpc) is 3.32. The minimum Gasteiger partial charge on any atom is -0.462 e. The zero-order valence-corrected chi connectivity index (χ0v) is 42.7. The molecule has 0 aromatic heterocycles. The van der Waals surface area contributed by atoms with E-state index >= 15 is 0 Å². The lowest BCUT2D eigenvalue weighted by Gasteiger charge is -2.15. The number of unbranched alkanes of at least 4 members (excludes halogenated alkanes) is 20. The van der Waals surface area contributed by atoms with Crippen LogP contribution in [0.25, 0.3) is 0 Å². The van der Waals surface area contributed by atoms with Crippen molar-refractivity contribution in [2.45, 2.75) is 238 Å². The van der Waals surface area contributed by atoms with Crippen molar-refractivity contribution in [3.05, 3.63) is 122 Å². The van der Waals surface area contributed by atoms with Gasteiger partial charge in [0, 0.05) is 12.8 Å². The van der Waals surface area contributed by atoms with E-state index in [-0.39, 0.29) is 25.2 Å². The Kier molecular flexibility index (Phi) is 52.5. The van der Waals surface area contributed by atoms with Crippen molar-refractivity contribution in [2.75, 3.05) is 13.2 Å². The van der Waals surface area contributed by atoms with E-state index in [1.165, 1.54) is 103 Å². The maximum atomic E-state index is 12.3. The maximum absolute atomic E-state index is 12.3. The van der Waals surface area contributed by atoms with Crippen LogP contribution in [0.3, 0.4) is 0 Å². The first-order valence-corrected chi connectivity index (χ1v) is 27.1. The Bertz CT molecular complexity index is 1350. The third-order valence-electron chi connectivity index (χ3n) is 11.2. The Morgan fingerprint density at radius 2 is 0.652 bits per heavy atom. The van der Waals surface area contributed by atoms with Crippen LogP contribution in [-0.2, 0) is 19.1 Å². The van der Waals surface area contributed by atoms with Gasteiger partial charge in [0.1, 0.15) is 6.61 Å². The van der Waals surface area contributed by atoms with E-state index in [0.717, 1.165) is 103 Å². The summed E-state index contributed by atoms with van der Waals surface area (Å²) in [5, 5.41) is 9.64. The van der Waals surface area contributed by atoms with Gasteiger partial charge in [0.05, 0.1) is 6.61 Å². The predicted octanol–water partition coefficient (Wildman–Crippen LogP) is 18.3. The van der Waals surface area contributed by atoms with Gasteiger partial charge in [-0.3, -0.25) is 9.59 Å². The molecule has 0 aromatic carbocycles. The Labute approximate surface area is 407 Å². The van der Waals surface area contributed by atoms with Crippen LogP contribution in [0.5, 0.6) is 0 Å². The SMILES string of the molecule is CC/C=C\C/C=C\C/C=C\C/C=C\C/C=C\C/C=C\C/C=C\CCCCCC(=O)OC(CO)COC(=O)CCCCCCCCCCCCCC/C=C\C/C=C\C/C=C\CCCCCCC. The van der Waals surface area contributed by atoms with Crippen LogP contribution in [0.4, 0.5) is 0 Å². The topological polar surface area (TPSA) is 72.8 Å². The molecule has 0 aliphatic carbocycles. The van der Waals surface area contributed by atoms with Gasteiger partial charge in [-0.25, -0.2) is 0 Å². The summed E-state index contributed by atoms with van der Waals surface area (Å²) in [6.07, 6.45) is 81.5. The van der Waals surface area contributed by atoms with Gasteiger partial charge >= 0.3 is 11.9 Å². The number of rotatable bonds is 48. The monoisotopic (exact) mass is 913 g/mol. The highest BCUT2D eigenvalue weighted by Gasteiger charge is 2.16. The number of aliphatic hydroxyl groups excluding tert-OH is 1. The smallest absolute Gasteiger partial charge is 0.306 e. The van der Waals surface area contributed by atoms with Gasteiger partial charge in [0.25, 0.3) is 0 Å². The Balaban J connectivity index is 3.61. The first kappa shape index (κ1) is 62.3. The zero-order valence-electron chi connectivity index (χ0n) is 42.7. The first-order valence-electron chi connectivity index (χ1n) is 27.1. The average molecular weight is 913 g/mol. The Morgan fingerprint density at radius 1 is 0.364 bits per heavy atom. The summed E-state index contributed by atoms with van der Waals surface area (Å²) in [5.41, 5.74) is 0. The van der Waals surface area contributed by atoms with Crippen molar-refractivity contribution in [2.24, 2.45) is 0 Å². The lowest BCUT2D eigenvalue weighted by Crippen LogP contribution is -2.28. The summed E-state index contributed by atoms with van der Waals surface area (Å²) in [6, 6.07) is 0. The number of aliphatic hydroxyl groups is 1. The van der Waals surface area contributed by atoms with E-state index in [1.54, 1.807) is 0 Å². The molecule has 1 unspecified atom stereocenters. The number of carbonyl (C=O) groups is 2. The first-order chi connectivity index (χ1) is 32.6. The van der Waals surface area contributed by atoms with Crippen LogP contribution in [-0.4, -0.2) is 36.4 Å². The van der Waals surface area contributed by atoms with Crippen LogP contribution >= 0.6 is 0 Å². The number of esters is 2. The van der Waals surface area contributed by atoms with E-state index in [1.807, 2.05) is 0 Å². The molecule has 0 radical (unpaired) electrons. The molecule has 374 valence electrons. The molecule has 0 aliphatic rings. The molecule has 66 heavy (non-hydrogen) atoms. The van der Waals surface area contributed by atoms with Gasteiger partial charge < -0.3 is 14.6 Å². The minimum absolute atomic E-state index is 0.0880. The summed E-state index contributed by atoms with van der Waals surface area (Å²) in [5.74, 6) is -0.637. The standard InChI is InChI=1S/C61H100O5/c1-3-5-7-9-11-13-15-17-19-21-23-25-27-29-30-32-33-35-37-39-41-43-45-47-49-51-53-55-60(63)65-58-59(57-62)66-61(64)56-54-52-50-48-46-44-42-40-38-36-34-31-28-26-24-22-20-18-16-14-12-10-8-6-4-2/h6,8,12,14-15,17-18,20-21,23-24,26-27,29,31,34,38,40,44,46,59,62H,3-5,7,9-11,13,16,19,22,25,28,30,32-33,35-37,39,41-43,45,47-58H2,1-2H3/b8-6-,14-12-,17-15-,20-18-,23-21-,26-24-,29-27-,34-31-,40-38-,46-44-. The fraction of sp³-hybridized carbons (Fsp3) is 0.639. The lowest BCUT2D eigenvalue weighted by molar-refractivity contribution is -0.161. The molecular formula is C61H100O5. The van der Waals surface area contributed by atoms with Crippen LogP contribution in [0.15, 0.2) is 122 Å². The highest BCUT2D eigenvalue weighted by Crippen LogP contribution is 2.14. The van der Waals surface area contributed by atoms with Gasteiger partial charge in [-0.1, -0.05) is 232 Å². The third-order valence-corrected chi connectivity index (χ3v) is 11.2. The number of hydrogen-bond donors (Lipinski definition) is 1. The molecule has 0 amide bonds. The molecule has 1 atom stereocenters. The van der Waals surface area contributed by atoms with Crippen molar-refractivity contribution >= 4 is 11.9 Å². The molecule has 0 aliphatic heterocycles. The van der Waals surface area contributed by atoms with Crippen molar-refractivity contribution in [3.63, 3.8) is 0 Å². The van der Waals surface area contributed by atoms with E-state index in [9.17, 15) is 14.7 Å². The zero-order chi connectivity index (χ0) is 47.7. The van der Waals surface area contributed by atoms with Crippen molar-refractivity contribution < 1.29 is 24.2 Å². The number of carbonyl (C=O) groups excluding carboxylic acids is 2. The number of hydrogen-bond acceptors (Lipinski definition) is 5. The van der Waals surface area contributed by atoms with Crippen LogP contribution in [0.1, 0.15) is 232 Å². The fourth-order valence-corrected chi connectivity index (χ4v) is 7.19. The highest BCUT2D eigenvalue weighted by molar-refractivity contribution is 5.70.